The van der Waals surface area contributed by atoms with Gasteiger partial charge in [0.05, 0.1) is 0 Å². The molecule has 0 saturated carbocycles. The van der Waals surface area contributed by atoms with Gasteiger partial charge in [-0.2, -0.15) is 0 Å². The Bertz CT molecular complexity index is 245. The van der Waals surface area contributed by atoms with Gasteiger partial charge in [0.2, 0.25) is 0 Å². The van der Waals surface area contributed by atoms with Crippen molar-refractivity contribution in [3.63, 3.8) is 0 Å². The monoisotopic (exact) mass is 243 g/mol. The van der Waals surface area contributed by atoms with E-state index in [4.69, 9.17) is 4.74 Å². The number of alkyl carbamates (subject to hydrolysis) is 1. The highest BCUT2D eigenvalue weighted by molar-refractivity contribution is 5.67. The number of carbonyl (C=O) groups excluding carboxylic acids is 1. The fourth-order valence-corrected chi connectivity index (χ4v) is 1.83. The van der Waals surface area contributed by atoms with Gasteiger partial charge in [-0.05, 0) is 33.7 Å². The van der Waals surface area contributed by atoms with Crippen LogP contribution >= 0.6 is 0 Å². The molecule has 1 amide bonds. The summed E-state index contributed by atoms with van der Waals surface area (Å²) < 4.78 is 5.13. The van der Waals surface area contributed by atoms with Crippen molar-refractivity contribution >= 4 is 6.09 Å². The Hall–Kier alpha value is -0.810. The second kappa shape index (κ2) is 6.21. The molecule has 0 bridgehead atoms. The predicted molar refractivity (Wildman–Crippen MR) is 68.1 cm³/mol. The first-order valence-corrected chi connectivity index (χ1v) is 6.23. The zero-order valence-corrected chi connectivity index (χ0v) is 11.4. The van der Waals surface area contributed by atoms with Crippen LogP contribution in [0.1, 0.15) is 20.8 Å². The Kier molecular flexibility index (Phi) is 5.21. The Morgan fingerprint density at radius 3 is 2.53 bits per heavy atom. The summed E-state index contributed by atoms with van der Waals surface area (Å²) in [5.74, 6) is 0.765. The van der Waals surface area contributed by atoms with Crippen LogP contribution in [0.15, 0.2) is 0 Å². The lowest BCUT2D eigenvalue weighted by atomic mass is 10.0. The van der Waals surface area contributed by atoms with Crippen molar-refractivity contribution in [2.75, 3.05) is 39.8 Å². The van der Waals surface area contributed by atoms with Gasteiger partial charge in [-0.25, -0.2) is 4.79 Å². The minimum Gasteiger partial charge on any atom is -0.444 e. The molecule has 2 N–H and O–H groups in total. The molecule has 5 nitrogen and oxygen atoms in total. The highest BCUT2D eigenvalue weighted by Crippen LogP contribution is 2.10. The van der Waals surface area contributed by atoms with Crippen LogP contribution in [0.3, 0.4) is 0 Å². The van der Waals surface area contributed by atoms with Gasteiger partial charge in [0.1, 0.15) is 5.60 Å². The average molecular weight is 243 g/mol. The Labute approximate surface area is 104 Å². The fraction of sp³-hybridized carbons (Fsp3) is 0.917. The number of amides is 1. The zero-order valence-electron chi connectivity index (χ0n) is 11.4. The summed E-state index contributed by atoms with van der Waals surface area (Å²) in [6, 6.07) is 0. The number of nitrogens with zero attached hydrogens (tertiary/aromatic N) is 1. The number of hydrogen-bond donors (Lipinski definition) is 2. The molecule has 0 aliphatic carbocycles. The van der Waals surface area contributed by atoms with E-state index < -0.39 is 5.60 Å². The molecule has 0 atom stereocenters. The molecular weight excluding hydrogens is 218 g/mol. The number of ether oxygens (including phenoxy) is 1. The van der Waals surface area contributed by atoms with Crippen LogP contribution in [0, 0.1) is 5.92 Å². The van der Waals surface area contributed by atoms with E-state index in [-0.39, 0.29) is 6.09 Å². The van der Waals surface area contributed by atoms with Crippen molar-refractivity contribution < 1.29 is 9.53 Å². The number of nitrogens with one attached hydrogen (secondary N) is 2. The van der Waals surface area contributed by atoms with Crippen molar-refractivity contribution in [1.82, 2.24) is 15.5 Å². The molecule has 0 aromatic heterocycles. The number of hydrogen-bond acceptors (Lipinski definition) is 4. The van der Waals surface area contributed by atoms with Crippen LogP contribution in [0.2, 0.25) is 0 Å². The summed E-state index contributed by atoms with van der Waals surface area (Å²) in [5.41, 5.74) is -0.423. The van der Waals surface area contributed by atoms with Gasteiger partial charge in [0, 0.05) is 32.7 Å². The number of rotatable bonds is 5. The molecule has 1 saturated heterocycles. The van der Waals surface area contributed by atoms with E-state index in [0.29, 0.717) is 6.54 Å². The molecular formula is C12H25N3O2. The lowest BCUT2D eigenvalue weighted by Gasteiger charge is -2.36. The highest BCUT2D eigenvalue weighted by Gasteiger charge is 2.22. The van der Waals surface area contributed by atoms with Crippen LogP contribution in [-0.4, -0.2) is 56.4 Å². The van der Waals surface area contributed by atoms with Crippen LogP contribution in [0.5, 0.6) is 0 Å². The normalized spacial score (nSPS) is 17.6. The minimum absolute atomic E-state index is 0.345. The number of likely N-dealkylation sites (tertiary alicyclic amines) is 1. The first-order chi connectivity index (χ1) is 7.87. The number of carbonyl (C=O) groups is 1. The quantitative estimate of drug-likeness (QED) is 0.697. The molecule has 1 fully saturated rings. The molecule has 0 unspecified atom stereocenters. The van der Waals surface area contributed by atoms with Crippen LogP contribution in [0.25, 0.3) is 0 Å². The van der Waals surface area contributed by atoms with Gasteiger partial charge in [-0.3, -0.25) is 0 Å². The van der Waals surface area contributed by atoms with Crippen molar-refractivity contribution in [3.05, 3.63) is 0 Å². The van der Waals surface area contributed by atoms with Gasteiger partial charge in [-0.1, -0.05) is 0 Å². The van der Waals surface area contributed by atoms with Gasteiger partial charge in [0.15, 0.2) is 0 Å². The molecule has 5 heteroatoms. The summed E-state index contributed by atoms with van der Waals surface area (Å²) in [6.07, 6.45) is -0.345. The van der Waals surface area contributed by atoms with E-state index in [1.807, 2.05) is 20.8 Å². The van der Waals surface area contributed by atoms with Crippen molar-refractivity contribution in [2.45, 2.75) is 26.4 Å². The lowest BCUT2D eigenvalue weighted by Crippen LogP contribution is -2.49. The summed E-state index contributed by atoms with van der Waals surface area (Å²) in [5, 5.41) is 6.05. The predicted octanol–water partition coefficient (Wildman–Crippen LogP) is 0.662. The third-order valence-electron chi connectivity index (χ3n) is 2.54. The van der Waals surface area contributed by atoms with E-state index in [0.717, 1.165) is 19.0 Å². The molecule has 17 heavy (non-hydrogen) atoms. The molecule has 0 radical (unpaired) electrons. The van der Waals surface area contributed by atoms with E-state index in [2.05, 4.69) is 22.6 Å². The highest BCUT2D eigenvalue weighted by atomic mass is 16.6. The second-order valence-corrected chi connectivity index (χ2v) is 5.72. The van der Waals surface area contributed by atoms with E-state index in [1.54, 1.807) is 0 Å². The maximum Gasteiger partial charge on any atom is 0.407 e. The standard InChI is InChI=1S/C12H25N3O2/c1-12(2,3)17-11(16)14-6-5-13-7-10-8-15(4)9-10/h10,13H,5-9H2,1-4H3,(H,14,16). The molecule has 0 spiro atoms. The molecule has 1 rings (SSSR count). The molecule has 0 aromatic carbocycles. The molecule has 0 aromatic rings. The molecule has 1 aliphatic rings. The van der Waals surface area contributed by atoms with Gasteiger partial charge in [0.25, 0.3) is 0 Å². The molecule has 1 aliphatic heterocycles. The first-order valence-electron chi connectivity index (χ1n) is 6.23. The third-order valence-corrected chi connectivity index (χ3v) is 2.54. The Morgan fingerprint density at radius 1 is 1.35 bits per heavy atom. The lowest BCUT2D eigenvalue weighted by molar-refractivity contribution is 0.0527. The van der Waals surface area contributed by atoms with Crippen LogP contribution in [-0.2, 0) is 4.74 Å². The molecule has 1 heterocycles. The Balaban J connectivity index is 1.92. The summed E-state index contributed by atoms with van der Waals surface area (Å²) in [7, 11) is 2.13. The maximum absolute atomic E-state index is 11.3. The summed E-state index contributed by atoms with van der Waals surface area (Å²) >= 11 is 0. The van der Waals surface area contributed by atoms with Gasteiger partial charge >= 0.3 is 6.09 Å². The van der Waals surface area contributed by atoms with E-state index >= 15 is 0 Å². The minimum atomic E-state index is -0.423. The smallest absolute Gasteiger partial charge is 0.407 e. The van der Waals surface area contributed by atoms with Crippen LogP contribution in [0.4, 0.5) is 4.79 Å². The average Bonchev–Trinajstić information content (AvgIpc) is 2.11. The van der Waals surface area contributed by atoms with E-state index in [9.17, 15) is 4.79 Å². The van der Waals surface area contributed by atoms with Crippen molar-refractivity contribution in [3.8, 4) is 0 Å². The molecule has 100 valence electrons. The van der Waals surface area contributed by atoms with Crippen LogP contribution < -0.4 is 10.6 Å². The second-order valence-electron chi connectivity index (χ2n) is 5.72. The van der Waals surface area contributed by atoms with Gasteiger partial charge < -0.3 is 20.3 Å². The SMILES string of the molecule is CN1CC(CNCCNC(=O)OC(C)(C)C)C1. The van der Waals surface area contributed by atoms with Crippen molar-refractivity contribution in [1.29, 1.82) is 0 Å². The topological polar surface area (TPSA) is 53.6 Å². The van der Waals surface area contributed by atoms with Crippen molar-refractivity contribution in [2.24, 2.45) is 5.92 Å². The zero-order chi connectivity index (χ0) is 12.9. The van der Waals surface area contributed by atoms with E-state index in [1.165, 1.54) is 13.1 Å². The fourth-order valence-electron chi connectivity index (χ4n) is 1.83. The van der Waals surface area contributed by atoms with Gasteiger partial charge in [-0.15, -0.1) is 0 Å². The Morgan fingerprint density at radius 2 is 2.00 bits per heavy atom. The third kappa shape index (κ3) is 6.48. The first kappa shape index (κ1) is 14.3. The largest absolute Gasteiger partial charge is 0.444 e. The maximum atomic E-state index is 11.3. The summed E-state index contributed by atoms with van der Waals surface area (Å²) in [4.78, 5) is 13.6. The summed E-state index contributed by atoms with van der Waals surface area (Å²) in [6.45, 7) is 10.4.